The lowest BCUT2D eigenvalue weighted by Crippen LogP contribution is -2.44. The van der Waals surface area contributed by atoms with Crippen molar-refractivity contribution >= 4 is 33.3 Å². The molecule has 228 valence electrons. The van der Waals surface area contributed by atoms with Crippen molar-refractivity contribution in [1.82, 2.24) is 25.2 Å². The van der Waals surface area contributed by atoms with Crippen LogP contribution in [0.5, 0.6) is 0 Å². The number of rotatable bonds is 8. The molecular formula is C34H44N6O2S. The Morgan fingerprint density at radius 2 is 1.86 bits per heavy atom. The molecule has 2 N–H and O–H groups in total. The molecule has 9 heteroatoms. The summed E-state index contributed by atoms with van der Waals surface area (Å²) < 4.78 is 1.07. The first-order valence-corrected chi connectivity index (χ1v) is 16.1. The summed E-state index contributed by atoms with van der Waals surface area (Å²) in [6.07, 6.45) is 4.48. The highest BCUT2D eigenvalue weighted by Crippen LogP contribution is 2.38. The highest BCUT2D eigenvalue weighted by atomic mass is 32.1. The number of nitrogens with zero attached hydrogens (tertiary/aromatic N) is 4. The van der Waals surface area contributed by atoms with Crippen molar-refractivity contribution in [3.63, 3.8) is 0 Å². The lowest BCUT2D eigenvalue weighted by atomic mass is 9.93. The maximum atomic E-state index is 13.8. The number of aromatic nitrogens is 3. The van der Waals surface area contributed by atoms with Crippen molar-refractivity contribution in [3.05, 3.63) is 73.8 Å². The lowest BCUT2D eigenvalue weighted by Gasteiger charge is -2.33. The third-order valence-corrected chi connectivity index (χ3v) is 9.17. The fraction of sp³-hybridized carbons (Fsp3) is 0.471. The number of fused-ring (bicyclic) bond motifs is 1. The second kappa shape index (κ2) is 12.6. The first-order chi connectivity index (χ1) is 20.4. The van der Waals surface area contributed by atoms with Crippen LogP contribution in [0.3, 0.4) is 0 Å². The molecule has 8 nitrogen and oxygen atoms in total. The molecule has 1 saturated heterocycles. The highest BCUT2D eigenvalue weighted by molar-refractivity contribution is 7.19. The monoisotopic (exact) mass is 600 g/mol. The number of nitrogens with one attached hydrogen (secondary N) is 2. The van der Waals surface area contributed by atoms with Crippen LogP contribution < -0.4 is 15.8 Å². The van der Waals surface area contributed by atoms with Gasteiger partial charge in [0.2, 0.25) is 0 Å². The number of hydrogen-bond donors (Lipinski definition) is 2. The van der Waals surface area contributed by atoms with Gasteiger partial charge in [0, 0.05) is 73.3 Å². The van der Waals surface area contributed by atoms with Crippen LogP contribution >= 0.6 is 11.3 Å². The third kappa shape index (κ3) is 6.99. The summed E-state index contributed by atoms with van der Waals surface area (Å²) in [5.74, 6) is 0.762. The van der Waals surface area contributed by atoms with Crippen molar-refractivity contribution in [2.45, 2.75) is 67.3 Å². The second-order valence-corrected chi connectivity index (χ2v) is 14.1. The molecule has 1 amide bonds. The molecule has 1 aliphatic rings. The van der Waals surface area contributed by atoms with E-state index < -0.39 is 0 Å². The van der Waals surface area contributed by atoms with Crippen molar-refractivity contribution in [2.75, 3.05) is 38.1 Å². The number of likely N-dealkylation sites (N-methyl/N-ethyl adjacent to an activating group) is 1. The number of carbonyl (C=O) groups excluding carboxylic acids is 1. The summed E-state index contributed by atoms with van der Waals surface area (Å²) in [6.45, 7) is 16.7. The van der Waals surface area contributed by atoms with Gasteiger partial charge in [-0.1, -0.05) is 34.1 Å². The molecule has 0 aliphatic carbocycles. The average Bonchev–Trinajstić information content (AvgIpc) is 3.36. The molecule has 1 aromatic carbocycles. The minimum absolute atomic E-state index is 0.0884. The fourth-order valence-electron chi connectivity index (χ4n) is 5.73. The molecule has 0 spiro atoms. The molecule has 5 rings (SSSR count). The quantitative estimate of drug-likeness (QED) is 0.262. The Morgan fingerprint density at radius 3 is 2.51 bits per heavy atom. The van der Waals surface area contributed by atoms with E-state index >= 15 is 0 Å². The minimum atomic E-state index is -0.213. The normalized spacial score (nSPS) is 14.4. The Kier molecular flexibility index (Phi) is 9.04. The SMILES string of the molecule is CCCc1cc(C)[nH]c(=O)c1CNC(=O)c1cc(-c2ccc(N3CCN(C)CC3)nc2)c2sc(CC(C)(C)C)nc2c1C. The Hall–Kier alpha value is -3.56. The van der Waals surface area contributed by atoms with E-state index in [0.29, 0.717) is 11.1 Å². The number of carbonyl (C=O) groups is 1. The van der Waals surface area contributed by atoms with Gasteiger partial charge in [0.25, 0.3) is 11.5 Å². The number of benzene rings is 1. The number of thiazole rings is 1. The summed E-state index contributed by atoms with van der Waals surface area (Å²) in [5, 5.41) is 4.11. The van der Waals surface area contributed by atoms with Gasteiger partial charge in [-0.25, -0.2) is 9.97 Å². The minimum Gasteiger partial charge on any atom is -0.354 e. The molecule has 0 radical (unpaired) electrons. The second-order valence-electron chi connectivity index (χ2n) is 13.0. The topological polar surface area (TPSA) is 94.2 Å². The van der Waals surface area contributed by atoms with E-state index in [-0.39, 0.29) is 23.4 Å². The molecule has 0 atom stereocenters. The van der Waals surface area contributed by atoms with E-state index in [4.69, 9.17) is 9.97 Å². The number of hydrogen-bond acceptors (Lipinski definition) is 7. The largest absolute Gasteiger partial charge is 0.354 e. The van der Waals surface area contributed by atoms with Crippen LogP contribution in [0.2, 0.25) is 0 Å². The maximum Gasteiger partial charge on any atom is 0.253 e. The summed E-state index contributed by atoms with van der Waals surface area (Å²) in [5.41, 5.74) is 6.56. The molecule has 0 saturated carbocycles. The zero-order chi connectivity index (χ0) is 30.9. The van der Waals surface area contributed by atoms with Crippen LogP contribution in [0.1, 0.15) is 71.9 Å². The number of piperazine rings is 1. The standard InChI is InChI=1S/C34H44N6O2S/c1-8-9-23-16-21(2)37-33(42)27(23)20-36-32(41)25-17-26(31-30(22(25)3)38-29(43-31)18-34(4,5)6)24-10-11-28(35-19-24)40-14-12-39(7)13-15-40/h10-11,16-17,19H,8-9,12-15,18,20H2,1-7H3,(H,36,41)(H,37,42). The Morgan fingerprint density at radius 1 is 1.12 bits per heavy atom. The lowest BCUT2D eigenvalue weighted by molar-refractivity contribution is 0.0950. The van der Waals surface area contributed by atoms with Gasteiger partial charge in [-0.05, 0) is 68.1 Å². The average molecular weight is 601 g/mol. The van der Waals surface area contributed by atoms with Crippen LogP contribution in [-0.4, -0.2) is 59.0 Å². The summed E-state index contributed by atoms with van der Waals surface area (Å²) in [4.78, 5) is 44.0. The number of H-pyrrole nitrogens is 1. The molecule has 1 fully saturated rings. The van der Waals surface area contributed by atoms with E-state index in [2.05, 4.69) is 67.0 Å². The van der Waals surface area contributed by atoms with Crippen molar-refractivity contribution in [2.24, 2.45) is 5.41 Å². The van der Waals surface area contributed by atoms with Gasteiger partial charge in [-0.15, -0.1) is 11.3 Å². The molecule has 4 heterocycles. The smallest absolute Gasteiger partial charge is 0.253 e. The first-order valence-electron chi connectivity index (χ1n) is 15.3. The number of pyridine rings is 2. The van der Waals surface area contributed by atoms with Gasteiger partial charge >= 0.3 is 0 Å². The van der Waals surface area contributed by atoms with Crippen LogP contribution in [0.4, 0.5) is 5.82 Å². The predicted octanol–water partition coefficient (Wildman–Crippen LogP) is 5.89. The zero-order valence-electron chi connectivity index (χ0n) is 26.6. The van der Waals surface area contributed by atoms with Crippen LogP contribution in [0.25, 0.3) is 21.3 Å². The van der Waals surface area contributed by atoms with E-state index in [0.717, 1.165) is 94.4 Å². The van der Waals surface area contributed by atoms with Gasteiger partial charge in [0.05, 0.1) is 15.2 Å². The van der Waals surface area contributed by atoms with E-state index in [9.17, 15) is 9.59 Å². The Bertz CT molecular complexity index is 1670. The molecular weight excluding hydrogens is 556 g/mol. The molecule has 1 aliphatic heterocycles. The molecule has 0 bridgehead atoms. The van der Waals surface area contributed by atoms with E-state index in [1.54, 1.807) is 11.3 Å². The Balaban J connectivity index is 1.51. The zero-order valence-corrected chi connectivity index (χ0v) is 27.4. The molecule has 0 unspecified atom stereocenters. The van der Waals surface area contributed by atoms with Gasteiger partial charge < -0.3 is 20.1 Å². The summed E-state index contributed by atoms with van der Waals surface area (Å²) in [6, 6.07) is 8.18. The summed E-state index contributed by atoms with van der Waals surface area (Å²) >= 11 is 1.70. The van der Waals surface area contributed by atoms with Crippen molar-refractivity contribution in [1.29, 1.82) is 0 Å². The van der Waals surface area contributed by atoms with Crippen molar-refractivity contribution in [3.8, 4) is 11.1 Å². The molecule has 4 aromatic rings. The van der Waals surface area contributed by atoms with Crippen LogP contribution in [0, 0.1) is 19.3 Å². The number of amides is 1. The number of anilines is 1. The van der Waals surface area contributed by atoms with E-state index in [1.165, 1.54) is 0 Å². The molecule has 3 aromatic heterocycles. The number of aromatic amines is 1. The van der Waals surface area contributed by atoms with Gasteiger partial charge in [-0.3, -0.25) is 9.59 Å². The molecule has 43 heavy (non-hydrogen) atoms. The predicted molar refractivity (Wildman–Crippen MR) is 177 cm³/mol. The van der Waals surface area contributed by atoms with Gasteiger partial charge in [0.1, 0.15) is 5.82 Å². The first kappa shape index (κ1) is 30.9. The Labute approximate surface area is 258 Å². The summed E-state index contributed by atoms with van der Waals surface area (Å²) in [7, 11) is 2.15. The van der Waals surface area contributed by atoms with Gasteiger partial charge in [-0.2, -0.15) is 0 Å². The third-order valence-electron chi connectivity index (χ3n) is 8.08. The van der Waals surface area contributed by atoms with Crippen molar-refractivity contribution < 1.29 is 4.79 Å². The maximum absolute atomic E-state index is 13.8. The number of aryl methyl sites for hydroxylation is 3. The fourth-order valence-corrected chi connectivity index (χ4v) is 7.19. The van der Waals surface area contributed by atoms with E-state index in [1.807, 2.05) is 32.2 Å². The van der Waals surface area contributed by atoms with Gasteiger partial charge in [0.15, 0.2) is 0 Å². The highest BCUT2D eigenvalue weighted by Gasteiger charge is 2.23. The van der Waals surface area contributed by atoms with Crippen LogP contribution in [-0.2, 0) is 19.4 Å². The van der Waals surface area contributed by atoms with Crippen LogP contribution in [0.15, 0.2) is 35.3 Å².